The largest absolute Gasteiger partial charge is 0.0860 e. The highest BCUT2D eigenvalue weighted by molar-refractivity contribution is 14.1. The molecule has 0 aromatic heterocycles. The summed E-state index contributed by atoms with van der Waals surface area (Å²) in [5, 5.41) is 0. The molecule has 0 saturated carbocycles. The lowest BCUT2D eigenvalue weighted by atomic mass is 10.2. The van der Waals surface area contributed by atoms with Crippen LogP contribution in [-0.4, -0.2) is 4.43 Å². The number of halogens is 1. The number of hydrogen-bond acceptors (Lipinski definition) is 0. The summed E-state index contributed by atoms with van der Waals surface area (Å²) < 4.78 is 1.21. The molecule has 0 saturated heterocycles. The fourth-order valence-corrected chi connectivity index (χ4v) is 1.38. The molecule has 0 aliphatic heterocycles. The first-order chi connectivity index (χ1) is 4.43. The lowest BCUT2D eigenvalue weighted by Gasteiger charge is -1.93. The summed E-state index contributed by atoms with van der Waals surface area (Å²) in [4.78, 5) is 0. The smallest absolute Gasteiger partial charge is 0.00358 e. The van der Waals surface area contributed by atoms with Gasteiger partial charge in [0.05, 0.1) is 0 Å². The molecule has 48 valence electrons. The molecule has 0 bridgehead atoms. The Hall–Kier alpha value is -0.0500. The fraction of sp³-hybridized carbons (Fsp3) is 0.250. The van der Waals surface area contributed by atoms with Crippen LogP contribution >= 0.6 is 22.6 Å². The summed E-state index contributed by atoms with van der Waals surface area (Å²) in [6.07, 6.45) is 1.20. The van der Waals surface area contributed by atoms with Crippen LogP contribution < -0.4 is 0 Å². The van der Waals surface area contributed by atoms with E-state index in [2.05, 4.69) is 52.9 Å². The van der Waals surface area contributed by atoms with Gasteiger partial charge in [-0.05, 0) is 12.0 Å². The van der Waals surface area contributed by atoms with Crippen LogP contribution in [0.4, 0.5) is 0 Å². The monoisotopic (exact) mass is 232 g/mol. The second kappa shape index (κ2) is 3.88. The molecular weight excluding hydrogens is 223 g/mol. The molecule has 1 heteroatoms. The molecule has 0 unspecified atom stereocenters. The number of benzene rings is 1. The minimum absolute atomic E-state index is 1.20. The molecule has 0 atom stereocenters. The second-order valence-electron chi connectivity index (χ2n) is 1.92. The van der Waals surface area contributed by atoms with E-state index in [0.717, 1.165) is 0 Å². The third-order valence-corrected chi connectivity index (χ3v) is 1.77. The van der Waals surface area contributed by atoms with Gasteiger partial charge in [-0.2, -0.15) is 0 Å². The van der Waals surface area contributed by atoms with Crippen LogP contribution in [0.1, 0.15) is 5.56 Å². The molecule has 0 amide bonds. The third kappa shape index (κ3) is 2.35. The summed E-state index contributed by atoms with van der Waals surface area (Å²) in [6, 6.07) is 10.6. The van der Waals surface area contributed by atoms with Crippen molar-refractivity contribution < 1.29 is 0 Å². The molecule has 0 aliphatic carbocycles. The van der Waals surface area contributed by atoms with Gasteiger partial charge in [0, 0.05) is 4.43 Å². The van der Waals surface area contributed by atoms with E-state index >= 15 is 0 Å². The zero-order chi connectivity index (χ0) is 6.53. The van der Waals surface area contributed by atoms with Gasteiger partial charge >= 0.3 is 0 Å². The molecule has 0 aliphatic rings. The van der Waals surface area contributed by atoms with Crippen molar-refractivity contribution in [1.29, 1.82) is 0 Å². The van der Waals surface area contributed by atoms with Crippen molar-refractivity contribution in [2.75, 3.05) is 4.43 Å². The Kier molecular flexibility index (Phi) is 3.04. The van der Waals surface area contributed by atoms with Crippen molar-refractivity contribution >= 4 is 22.6 Å². The molecule has 0 N–H and O–H groups in total. The van der Waals surface area contributed by atoms with Gasteiger partial charge in [-0.1, -0.05) is 52.9 Å². The Balaban J connectivity index is 2.61. The van der Waals surface area contributed by atoms with Crippen LogP contribution in [0.15, 0.2) is 30.3 Å². The van der Waals surface area contributed by atoms with Crippen molar-refractivity contribution in [2.45, 2.75) is 6.42 Å². The van der Waals surface area contributed by atoms with Gasteiger partial charge in [0.2, 0.25) is 0 Å². The Bertz CT molecular complexity index is 157. The first kappa shape index (κ1) is 7.06. The lowest BCUT2D eigenvalue weighted by Crippen LogP contribution is -1.82. The molecular formula is C8H9I. The van der Waals surface area contributed by atoms with Crippen molar-refractivity contribution in [3.63, 3.8) is 0 Å². The Morgan fingerprint density at radius 3 is 2.33 bits per heavy atom. The average Bonchev–Trinajstić information content (AvgIpc) is 1.91. The SMILES string of the molecule is ICCc1ccccc1. The first-order valence-electron chi connectivity index (χ1n) is 3.03. The highest BCUT2D eigenvalue weighted by atomic mass is 127. The van der Waals surface area contributed by atoms with E-state index in [1.807, 2.05) is 0 Å². The van der Waals surface area contributed by atoms with E-state index in [1.165, 1.54) is 16.4 Å². The van der Waals surface area contributed by atoms with Crippen molar-refractivity contribution in [2.24, 2.45) is 0 Å². The van der Waals surface area contributed by atoms with Gasteiger partial charge in [0.1, 0.15) is 0 Å². The first-order valence-corrected chi connectivity index (χ1v) is 4.56. The van der Waals surface area contributed by atoms with Crippen molar-refractivity contribution in [3.8, 4) is 0 Å². The normalized spacial score (nSPS) is 9.44. The molecule has 1 rings (SSSR count). The van der Waals surface area contributed by atoms with E-state index in [4.69, 9.17) is 0 Å². The van der Waals surface area contributed by atoms with Gasteiger partial charge in [-0.15, -0.1) is 0 Å². The van der Waals surface area contributed by atoms with Crippen LogP contribution in [0.2, 0.25) is 0 Å². The Morgan fingerprint density at radius 1 is 1.11 bits per heavy atom. The predicted molar refractivity (Wildman–Crippen MR) is 49.0 cm³/mol. The van der Waals surface area contributed by atoms with Gasteiger partial charge < -0.3 is 0 Å². The topological polar surface area (TPSA) is 0 Å². The molecule has 0 radical (unpaired) electrons. The molecule has 1 aromatic carbocycles. The van der Waals surface area contributed by atoms with E-state index < -0.39 is 0 Å². The van der Waals surface area contributed by atoms with Gasteiger partial charge in [-0.25, -0.2) is 0 Å². The minimum Gasteiger partial charge on any atom is -0.0860 e. The molecule has 0 fully saturated rings. The second-order valence-corrected chi connectivity index (χ2v) is 3.00. The molecule has 0 spiro atoms. The van der Waals surface area contributed by atoms with Gasteiger partial charge in [0.15, 0.2) is 0 Å². The molecule has 1 aromatic rings. The van der Waals surface area contributed by atoms with Crippen LogP contribution in [0.5, 0.6) is 0 Å². The number of alkyl halides is 1. The number of aryl methyl sites for hydroxylation is 1. The standard InChI is InChI=1S/C8H9I/c9-7-6-8-4-2-1-3-5-8/h1-5H,6-7H2. The van der Waals surface area contributed by atoms with Crippen molar-refractivity contribution in [1.82, 2.24) is 0 Å². The number of rotatable bonds is 2. The zero-order valence-electron chi connectivity index (χ0n) is 5.18. The highest BCUT2D eigenvalue weighted by Gasteiger charge is 1.85. The quantitative estimate of drug-likeness (QED) is 0.543. The summed E-state index contributed by atoms with van der Waals surface area (Å²) in [6.45, 7) is 0. The lowest BCUT2D eigenvalue weighted by molar-refractivity contribution is 1.18. The zero-order valence-corrected chi connectivity index (χ0v) is 7.34. The van der Waals surface area contributed by atoms with E-state index in [-0.39, 0.29) is 0 Å². The predicted octanol–water partition coefficient (Wildman–Crippen LogP) is 2.66. The molecule has 0 heterocycles. The summed E-state index contributed by atoms with van der Waals surface area (Å²) in [5.74, 6) is 0. The summed E-state index contributed by atoms with van der Waals surface area (Å²) in [7, 11) is 0. The molecule has 0 nitrogen and oxygen atoms in total. The maximum absolute atomic E-state index is 2.39. The molecule has 9 heavy (non-hydrogen) atoms. The Labute approximate surface area is 69.4 Å². The third-order valence-electron chi connectivity index (χ3n) is 1.23. The summed E-state index contributed by atoms with van der Waals surface area (Å²) >= 11 is 2.39. The van der Waals surface area contributed by atoms with E-state index in [1.54, 1.807) is 0 Å². The van der Waals surface area contributed by atoms with Crippen LogP contribution in [0.25, 0.3) is 0 Å². The van der Waals surface area contributed by atoms with Crippen molar-refractivity contribution in [3.05, 3.63) is 35.9 Å². The maximum atomic E-state index is 2.39. The van der Waals surface area contributed by atoms with Gasteiger partial charge in [-0.3, -0.25) is 0 Å². The average molecular weight is 232 g/mol. The number of hydrogen-bond donors (Lipinski definition) is 0. The minimum atomic E-state index is 1.20. The van der Waals surface area contributed by atoms with E-state index in [9.17, 15) is 0 Å². The summed E-state index contributed by atoms with van der Waals surface area (Å²) in [5.41, 5.74) is 1.44. The highest BCUT2D eigenvalue weighted by Crippen LogP contribution is 2.00. The fourth-order valence-electron chi connectivity index (χ4n) is 0.754. The van der Waals surface area contributed by atoms with Crippen LogP contribution in [0.3, 0.4) is 0 Å². The van der Waals surface area contributed by atoms with Gasteiger partial charge in [0.25, 0.3) is 0 Å². The van der Waals surface area contributed by atoms with Crippen LogP contribution in [-0.2, 0) is 6.42 Å². The van der Waals surface area contributed by atoms with Crippen LogP contribution in [0, 0.1) is 0 Å². The Morgan fingerprint density at radius 2 is 1.78 bits per heavy atom. The van der Waals surface area contributed by atoms with E-state index in [0.29, 0.717) is 0 Å². The maximum Gasteiger partial charge on any atom is 0.00358 e.